The van der Waals surface area contributed by atoms with Gasteiger partial charge in [0.05, 0.1) is 27.8 Å². The summed E-state index contributed by atoms with van der Waals surface area (Å²) in [6, 6.07) is 13.8. The van der Waals surface area contributed by atoms with Crippen LogP contribution < -0.4 is 4.90 Å². The average Bonchev–Trinajstić information content (AvgIpc) is 3.34. The minimum absolute atomic E-state index is 0.0557. The third-order valence-corrected chi connectivity index (χ3v) is 6.05. The van der Waals surface area contributed by atoms with Crippen LogP contribution in [0.15, 0.2) is 66.4 Å². The molecule has 144 valence electrons. The lowest BCUT2D eigenvalue weighted by Gasteiger charge is -2.35. The molecule has 7 heteroatoms. The second kappa shape index (κ2) is 7.60. The number of piperazine rings is 1. The van der Waals surface area contributed by atoms with Crippen molar-refractivity contribution in [3.8, 4) is 10.6 Å². The topological polar surface area (TPSA) is 62.2 Å². The molecule has 1 aliphatic rings. The molecule has 3 aromatic heterocycles. The molecule has 0 aliphatic carbocycles. The van der Waals surface area contributed by atoms with E-state index in [0.717, 1.165) is 40.4 Å². The first-order chi connectivity index (χ1) is 14.3. The molecule has 0 atom stereocenters. The lowest BCUT2D eigenvalue weighted by atomic mass is 10.1. The zero-order valence-electron chi connectivity index (χ0n) is 15.7. The van der Waals surface area contributed by atoms with Crippen LogP contribution in [0.4, 0.5) is 5.82 Å². The molecular weight excluding hydrogens is 382 g/mol. The van der Waals surface area contributed by atoms with Crippen molar-refractivity contribution < 1.29 is 4.79 Å². The largest absolute Gasteiger partial charge is 0.352 e. The van der Waals surface area contributed by atoms with Gasteiger partial charge in [0, 0.05) is 44.0 Å². The van der Waals surface area contributed by atoms with Crippen LogP contribution in [0.2, 0.25) is 0 Å². The van der Waals surface area contributed by atoms with Crippen molar-refractivity contribution in [3.63, 3.8) is 0 Å². The highest BCUT2D eigenvalue weighted by molar-refractivity contribution is 7.13. The number of hydrogen-bond acceptors (Lipinski definition) is 6. The molecule has 1 saturated heterocycles. The molecule has 6 nitrogen and oxygen atoms in total. The Balaban J connectivity index is 1.44. The summed E-state index contributed by atoms with van der Waals surface area (Å²) >= 11 is 1.63. The summed E-state index contributed by atoms with van der Waals surface area (Å²) in [7, 11) is 0. The van der Waals surface area contributed by atoms with Gasteiger partial charge in [-0.05, 0) is 23.6 Å². The SMILES string of the molecule is O=C(c1cc(-c2cccs2)nc2ccccc12)N1CCN(c2cnccn2)CC1. The van der Waals surface area contributed by atoms with Crippen LogP contribution in [0.5, 0.6) is 0 Å². The van der Waals surface area contributed by atoms with E-state index in [1.165, 1.54) is 0 Å². The fraction of sp³-hybridized carbons (Fsp3) is 0.182. The first-order valence-corrected chi connectivity index (χ1v) is 10.4. The molecule has 1 fully saturated rings. The van der Waals surface area contributed by atoms with Crippen LogP contribution in [0, 0.1) is 0 Å². The molecular formula is C22H19N5OS. The van der Waals surface area contributed by atoms with Gasteiger partial charge < -0.3 is 9.80 Å². The lowest BCUT2D eigenvalue weighted by molar-refractivity contribution is 0.0748. The van der Waals surface area contributed by atoms with Gasteiger partial charge >= 0.3 is 0 Å². The maximum absolute atomic E-state index is 13.4. The van der Waals surface area contributed by atoms with E-state index in [1.807, 2.05) is 52.7 Å². The molecule has 1 aromatic carbocycles. The number of fused-ring (bicyclic) bond motifs is 1. The Kier molecular flexibility index (Phi) is 4.65. The van der Waals surface area contributed by atoms with Gasteiger partial charge in [0.25, 0.3) is 5.91 Å². The van der Waals surface area contributed by atoms with Gasteiger partial charge in [0.2, 0.25) is 0 Å². The minimum atomic E-state index is 0.0557. The number of aromatic nitrogens is 3. The zero-order chi connectivity index (χ0) is 19.6. The van der Waals surface area contributed by atoms with Gasteiger partial charge in [0.15, 0.2) is 0 Å². The number of anilines is 1. The fourth-order valence-electron chi connectivity index (χ4n) is 3.67. The van der Waals surface area contributed by atoms with E-state index in [0.29, 0.717) is 18.7 Å². The molecule has 29 heavy (non-hydrogen) atoms. The number of amides is 1. The summed E-state index contributed by atoms with van der Waals surface area (Å²) in [5, 5.41) is 2.92. The van der Waals surface area contributed by atoms with Crippen molar-refractivity contribution in [1.82, 2.24) is 19.9 Å². The average molecular weight is 401 g/mol. The molecule has 5 rings (SSSR count). The smallest absolute Gasteiger partial charge is 0.254 e. The number of hydrogen-bond donors (Lipinski definition) is 0. The number of carbonyl (C=O) groups excluding carboxylic acids is 1. The Bertz CT molecular complexity index is 1140. The lowest BCUT2D eigenvalue weighted by Crippen LogP contribution is -2.49. The number of rotatable bonds is 3. The van der Waals surface area contributed by atoms with Crippen molar-refractivity contribution >= 4 is 34.0 Å². The number of nitrogens with zero attached hydrogens (tertiary/aromatic N) is 5. The van der Waals surface area contributed by atoms with Crippen molar-refractivity contribution in [2.45, 2.75) is 0 Å². The van der Waals surface area contributed by atoms with E-state index in [-0.39, 0.29) is 5.91 Å². The number of benzene rings is 1. The Morgan fingerprint density at radius 2 is 1.86 bits per heavy atom. The minimum Gasteiger partial charge on any atom is -0.352 e. The van der Waals surface area contributed by atoms with Crippen molar-refractivity contribution in [3.05, 3.63) is 72.0 Å². The van der Waals surface area contributed by atoms with Crippen LogP contribution >= 0.6 is 11.3 Å². The normalized spacial score (nSPS) is 14.3. The monoisotopic (exact) mass is 401 g/mol. The van der Waals surface area contributed by atoms with Crippen LogP contribution in [0.25, 0.3) is 21.5 Å². The van der Waals surface area contributed by atoms with Crippen LogP contribution in [0.1, 0.15) is 10.4 Å². The van der Waals surface area contributed by atoms with Gasteiger partial charge in [-0.1, -0.05) is 24.3 Å². The van der Waals surface area contributed by atoms with Crippen molar-refractivity contribution in [2.75, 3.05) is 31.1 Å². The maximum Gasteiger partial charge on any atom is 0.254 e. The molecule has 0 N–H and O–H groups in total. The summed E-state index contributed by atoms with van der Waals surface area (Å²) in [5.74, 6) is 0.911. The van der Waals surface area contributed by atoms with E-state index < -0.39 is 0 Å². The van der Waals surface area contributed by atoms with Crippen molar-refractivity contribution in [1.29, 1.82) is 0 Å². The molecule has 0 radical (unpaired) electrons. The predicted octanol–water partition coefficient (Wildman–Crippen LogP) is 3.72. The second-order valence-electron chi connectivity index (χ2n) is 6.89. The number of thiophene rings is 1. The highest BCUT2D eigenvalue weighted by atomic mass is 32.1. The van der Waals surface area contributed by atoms with E-state index >= 15 is 0 Å². The van der Waals surface area contributed by atoms with Gasteiger partial charge in [-0.25, -0.2) is 9.97 Å². The number of carbonyl (C=O) groups is 1. The molecule has 0 saturated carbocycles. The Morgan fingerprint density at radius 3 is 2.62 bits per heavy atom. The Hall–Kier alpha value is -3.32. The van der Waals surface area contributed by atoms with Crippen molar-refractivity contribution in [2.24, 2.45) is 0 Å². The zero-order valence-corrected chi connectivity index (χ0v) is 16.5. The summed E-state index contributed by atoms with van der Waals surface area (Å²) in [4.78, 5) is 31.9. The molecule has 0 unspecified atom stereocenters. The van der Waals surface area contributed by atoms with E-state index in [9.17, 15) is 4.79 Å². The van der Waals surface area contributed by atoms with Gasteiger partial charge in [-0.3, -0.25) is 9.78 Å². The molecule has 1 aliphatic heterocycles. The van der Waals surface area contributed by atoms with Gasteiger partial charge in [0.1, 0.15) is 5.82 Å². The summed E-state index contributed by atoms with van der Waals surface area (Å²) in [6.45, 7) is 2.79. The standard InChI is InChI=1S/C22H19N5OS/c28-22(27-11-9-26(10-12-27)21-15-23-7-8-24-21)17-14-19(20-6-3-13-29-20)25-18-5-2-1-4-16(17)18/h1-8,13-15H,9-12H2. The van der Waals surface area contributed by atoms with Gasteiger partial charge in [-0.15, -0.1) is 11.3 Å². The molecule has 0 bridgehead atoms. The van der Waals surface area contributed by atoms with Crippen LogP contribution in [-0.4, -0.2) is 51.9 Å². The van der Waals surface area contributed by atoms with E-state index in [4.69, 9.17) is 4.98 Å². The highest BCUT2D eigenvalue weighted by Gasteiger charge is 2.25. The summed E-state index contributed by atoms with van der Waals surface area (Å²) in [5.41, 5.74) is 2.41. The molecule has 0 spiro atoms. The maximum atomic E-state index is 13.4. The molecule has 4 heterocycles. The van der Waals surface area contributed by atoms with E-state index in [2.05, 4.69) is 14.9 Å². The molecule has 1 amide bonds. The molecule has 4 aromatic rings. The third kappa shape index (κ3) is 3.45. The van der Waals surface area contributed by atoms with E-state index in [1.54, 1.807) is 29.9 Å². The predicted molar refractivity (Wildman–Crippen MR) is 115 cm³/mol. The summed E-state index contributed by atoms with van der Waals surface area (Å²) < 4.78 is 0. The Morgan fingerprint density at radius 1 is 1.00 bits per heavy atom. The Labute approximate surface area is 172 Å². The number of pyridine rings is 1. The number of para-hydroxylation sites is 1. The second-order valence-corrected chi connectivity index (χ2v) is 7.84. The summed E-state index contributed by atoms with van der Waals surface area (Å²) in [6.07, 6.45) is 5.13. The van der Waals surface area contributed by atoms with Gasteiger partial charge in [-0.2, -0.15) is 0 Å². The van der Waals surface area contributed by atoms with Crippen LogP contribution in [-0.2, 0) is 0 Å². The van der Waals surface area contributed by atoms with Crippen LogP contribution in [0.3, 0.4) is 0 Å². The first kappa shape index (κ1) is 17.8. The quantitative estimate of drug-likeness (QED) is 0.524. The fourth-order valence-corrected chi connectivity index (χ4v) is 4.35. The third-order valence-electron chi connectivity index (χ3n) is 5.16. The highest BCUT2D eigenvalue weighted by Crippen LogP contribution is 2.29. The first-order valence-electron chi connectivity index (χ1n) is 9.53.